The van der Waals surface area contributed by atoms with E-state index in [4.69, 9.17) is 9.47 Å². The second-order valence-electron chi connectivity index (χ2n) is 9.98. The van der Waals surface area contributed by atoms with Crippen molar-refractivity contribution in [2.24, 2.45) is 5.92 Å². The molecule has 1 N–H and O–H groups in total. The van der Waals surface area contributed by atoms with Gasteiger partial charge in [0.05, 0.1) is 37.4 Å². The quantitative estimate of drug-likeness (QED) is 0.475. The molecule has 3 aromatic carbocycles. The summed E-state index contributed by atoms with van der Waals surface area (Å²) < 4.78 is 39.7. The van der Waals surface area contributed by atoms with Crippen LogP contribution in [0.4, 0.5) is 0 Å². The fourth-order valence-corrected chi connectivity index (χ4v) is 6.01. The van der Waals surface area contributed by atoms with Crippen LogP contribution < -0.4 is 4.74 Å². The molecule has 0 unspecified atom stereocenters. The zero-order valence-corrected chi connectivity index (χ0v) is 23.6. The molecule has 3 atom stereocenters. The maximum atomic E-state index is 13.9. The number of likely N-dealkylation sites (N-methyl/N-ethyl adjacent to an activating group) is 1. The summed E-state index contributed by atoms with van der Waals surface area (Å²) in [7, 11) is -0.746. The maximum absolute atomic E-state index is 13.9. The standard InChI is InChI=1S/C30H36N2O6S/c1-21-17-32(22(2)19-33)30(34)28-12-8-7-11-27(28)26-10-6-5-9-23(26)20-38-29(21)18-31(3)39(35,36)25-15-13-24(37-4)14-16-25/h5-16,21-22,29,33H,17-20H2,1-4H3/t21-,22-,29+/m1/s1. The lowest BCUT2D eigenvalue weighted by molar-refractivity contribution is -0.0146. The number of ether oxygens (including phenoxy) is 2. The van der Waals surface area contributed by atoms with Crippen molar-refractivity contribution in [3.8, 4) is 16.9 Å². The molecule has 0 radical (unpaired) electrons. The lowest BCUT2D eigenvalue weighted by atomic mass is 9.94. The number of benzene rings is 3. The number of aliphatic hydroxyl groups is 1. The van der Waals surface area contributed by atoms with E-state index in [1.807, 2.05) is 55.5 Å². The van der Waals surface area contributed by atoms with Crippen LogP contribution in [0.25, 0.3) is 11.1 Å². The summed E-state index contributed by atoms with van der Waals surface area (Å²) in [5.74, 6) is 0.141. The monoisotopic (exact) mass is 552 g/mol. The molecular formula is C30H36N2O6S. The summed E-state index contributed by atoms with van der Waals surface area (Å²) in [5, 5.41) is 10.0. The Morgan fingerprint density at radius 3 is 2.28 bits per heavy atom. The summed E-state index contributed by atoms with van der Waals surface area (Å²) >= 11 is 0. The number of carbonyl (C=O) groups excluding carboxylic acids is 1. The van der Waals surface area contributed by atoms with Crippen LogP contribution in [-0.4, -0.2) is 74.6 Å². The Morgan fingerprint density at radius 2 is 1.64 bits per heavy atom. The Balaban J connectivity index is 1.71. The van der Waals surface area contributed by atoms with E-state index >= 15 is 0 Å². The van der Waals surface area contributed by atoms with Gasteiger partial charge in [-0.3, -0.25) is 4.79 Å². The molecule has 1 aliphatic rings. The van der Waals surface area contributed by atoms with Crippen molar-refractivity contribution in [1.82, 2.24) is 9.21 Å². The third kappa shape index (κ3) is 6.17. The normalized spacial score (nSPS) is 19.1. The Bertz CT molecular complexity index is 1390. The van der Waals surface area contributed by atoms with Crippen LogP contribution in [0, 0.1) is 5.92 Å². The van der Waals surface area contributed by atoms with Crippen molar-refractivity contribution in [2.45, 2.75) is 37.5 Å². The van der Waals surface area contributed by atoms with E-state index in [9.17, 15) is 18.3 Å². The zero-order chi connectivity index (χ0) is 28.2. The highest BCUT2D eigenvalue weighted by molar-refractivity contribution is 7.89. The van der Waals surface area contributed by atoms with E-state index in [0.717, 1.165) is 16.7 Å². The van der Waals surface area contributed by atoms with Crippen LogP contribution in [0.1, 0.15) is 29.8 Å². The first-order valence-corrected chi connectivity index (χ1v) is 14.4. The van der Waals surface area contributed by atoms with E-state index in [-0.39, 0.29) is 43.0 Å². The fourth-order valence-electron chi connectivity index (χ4n) is 4.83. The van der Waals surface area contributed by atoms with Crippen LogP contribution in [-0.2, 0) is 21.4 Å². The minimum Gasteiger partial charge on any atom is -0.497 e. The predicted molar refractivity (Wildman–Crippen MR) is 150 cm³/mol. The average Bonchev–Trinajstić information content (AvgIpc) is 2.98. The summed E-state index contributed by atoms with van der Waals surface area (Å²) in [6.45, 7) is 4.16. The smallest absolute Gasteiger partial charge is 0.254 e. The molecule has 0 aromatic heterocycles. The van der Waals surface area contributed by atoms with E-state index in [1.165, 1.54) is 30.6 Å². The van der Waals surface area contributed by atoms with Gasteiger partial charge in [-0.2, -0.15) is 4.31 Å². The molecule has 1 aliphatic heterocycles. The van der Waals surface area contributed by atoms with Gasteiger partial charge in [0.1, 0.15) is 5.75 Å². The van der Waals surface area contributed by atoms with Gasteiger partial charge >= 0.3 is 0 Å². The molecule has 0 saturated heterocycles. The van der Waals surface area contributed by atoms with Crippen LogP contribution in [0.3, 0.4) is 0 Å². The molecule has 0 fully saturated rings. The third-order valence-electron chi connectivity index (χ3n) is 7.30. The summed E-state index contributed by atoms with van der Waals surface area (Å²) in [4.78, 5) is 15.7. The molecular weight excluding hydrogens is 516 g/mol. The third-order valence-corrected chi connectivity index (χ3v) is 9.14. The molecule has 0 saturated carbocycles. The van der Waals surface area contributed by atoms with Gasteiger partial charge in [0.2, 0.25) is 10.0 Å². The molecule has 4 rings (SSSR count). The Hall–Kier alpha value is -3.24. The van der Waals surface area contributed by atoms with Crippen LogP contribution >= 0.6 is 0 Å². The van der Waals surface area contributed by atoms with Crippen LogP contribution in [0.2, 0.25) is 0 Å². The molecule has 0 aliphatic carbocycles. The highest BCUT2D eigenvalue weighted by atomic mass is 32.2. The Labute approximate surface area is 230 Å². The van der Waals surface area contributed by atoms with Gasteiger partial charge in [-0.05, 0) is 53.9 Å². The van der Waals surface area contributed by atoms with Crippen LogP contribution in [0.15, 0.2) is 77.7 Å². The van der Waals surface area contributed by atoms with Crippen molar-refractivity contribution in [3.63, 3.8) is 0 Å². The number of hydrogen-bond donors (Lipinski definition) is 1. The van der Waals surface area contributed by atoms with E-state index < -0.39 is 22.2 Å². The van der Waals surface area contributed by atoms with E-state index in [2.05, 4.69) is 0 Å². The van der Waals surface area contributed by atoms with Gasteiger partial charge in [0.15, 0.2) is 0 Å². The number of methoxy groups -OCH3 is 1. The van der Waals surface area contributed by atoms with Crippen LogP contribution in [0.5, 0.6) is 5.75 Å². The number of aliphatic hydroxyl groups excluding tert-OH is 1. The number of sulfonamides is 1. The minimum atomic E-state index is -3.80. The van der Waals surface area contributed by atoms with E-state index in [1.54, 1.807) is 24.0 Å². The number of carbonyl (C=O) groups is 1. The van der Waals surface area contributed by atoms with Gasteiger partial charge < -0.3 is 19.5 Å². The molecule has 3 aromatic rings. The number of fused-ring (bicyclic) bond motifs is 3. The van der Waals surface area contributed by atoms with Gasteiger partial charge in [0, 0.05) is 31.6 Å². The lowest BCUT2D eigenvalue weighted by Crippen LogP contribution is -2.47. The molecule has 9 heteroatoms. The Morgan fingerprint density at radius 1 is 1.03 bits per heavy atom. The molecule has 8 nitrogen and oxygen atoms in total. The fraction of sp³-hybridized carbons (Fsp3) is 0.367. The SMILES string of the molecule is COc1ccc(S(=O)(=O)N(C)C[C@@H]2OCc3ccccc3-c3ccccc3C(=O)N([C@H](C)CO)C[C@H]2C)cc1. The van der Waals surface area contributed by atoms with Gasteiger partial charge in [0.25, 0.3) is 5.91 Å². The molecule has 208 valence electrons. The zero-order valence-electron chi connectivity index (χ0n) is 22.8. The largest absolute Gasteiger partial charge is 0.497 e. The molecule has 0 bridgehead atoms. The summed E-state index contributed by atoms with van der Waals surface area (Å²) in [6, 6.07) is 21.0. The highest BCUT2D eigenvalue weighted by Gasteiger charge is 2.32. The molecule has 0 spiro atoms. The first-order chi connectivity index (χ1) is 18.7. The second-order valence-corrected chi connectivity index (χ2v) is 12.0. The molecule has 1 amide bonds. The Kier molecular flexibility index (Phi) is 9.07. The second kappa shape index (κ2) is 12.3. The summed E-state index contributed by atoms with van der Waals surface area (Å²) in [5.41, 5.74) is 3.13. The molecule has 1 heterocycles. The van der Waals surface area contributed by atoms with E-state index in [0.29, 0.717) is 11.3 Å². The lowest BCUT2D eigenvalue weighted by Gasteiger charge is -2.35. The minimum absolute atomic E-state index is 0.0835. The first kappa shape index (κ1) is 28.8. The predicted octanol–water partition coefficient (Wildman–Crippen LogP) is 4.04. The first-order valence-electron chi connectivity index (χ1n) is 13.0. The average molecular weight is 553 g/mol. The van der Waals surface area contributed by atoms with Gasteiger partial charge in [-0.1, -0.05) is 49.4 Å². The topological polar surface area (TPSA) is 96.4 Å². The number of hydrogen-bond acceptors (Lipinski definition) is 6. The van der Waals surface area contributed by atoms with Gasteiger partial charge in [-0.25, -0.2) is 8.42 Å². The van der Waals surface area contributed by atoms with Crippen molar-refractivity contribution in [2.75, 3.05) is 33.9 Å². The van der Waals surface area contributed by atoms with Gasteiger partial charge in [-0.15, -0.1) is 0 Å². The summed E-state index contributed by atoms with van der Waals surface area (Å²) in [6.07, 6.45) is -0.529. The van der Waals surface area contributed by atoms with Crippen molar-refractivity contribution >= 4 is 15.9 Å². The maximum Gasteiger partial charge on any atom is 0.254 e. The van der Waals surface area contributed by atoms with Crippen molar-refractivity contribution in [3.05, 3.63) is 83.9 Å². The molecule has 39 heavy (non-hydrogen) atoms. The van der Waals surface area contributed by atoms with Crippen molar-refractivity contribution < 1.29 is 27.8 Å². The highest BCUT2D eigenvalue weighted by Crippen LogP contribution is 2.31. The number of nitrogens with zero attached hydrogens (tertiary/aromatic N) is 2. The van der Waals surface area contributed by atoms with Crippen molar-refractivity contribution in [1.29, 1.82) is 0 Å². The number of amides is 1. The number of rotatable bonds is 7.